The monoisotopic (exact) mass is 475 g/mol. The number of hydrogen-bond acceptors (Lipinski definition) is 5. The number of urea groups is 2. The molecule has 186 valence electrons. The molecule has 2 N–H and O–H groups in total. The number of nitrogens with one attached hydrogen (secondary N) is 2. The lowest BCUT2D eigenvalue weighted by molar-refractivity contribution is -0.139. The maximum atomic E-state index is 14.0. The van der Waals surface area contributed by atoms with Gasteiger partial charge in [0.15, 0.2) is 0 Å². The molecule has 9 nitrogen and oxygen atoms in total. The molecular weight excluding hydrogens is 441 g/mol. The van der Waals surface area contributed by atoms with Crippen molar-refractivity contribution in [3.63, 3.8) is 0 Å². The third-order valence-corrected chi connectivity index (χ3v) is 6.01. The molecule has 2 aliphatic rings. The third-order valence-electron chi connectivity index (χ3n) is 6.01. The van der Waals surface area contributed by atoms with E-state index in [0.29, 0.717) is 37.4 Å². The highest BCUT2D eigenvalue weighted by Crippen LogP contribution is 2.32. The van der Waals surface area contributed by atoms with Crippen LogP contribution in [0.4, 0.5) is 14.0 Å². The second kappa shape index (κ2) is 10.9. The van der Waals surface area contributed by atoms with Crippen molar-refractivity contribution in [1.82, 2.24) is 25.3 Å². The Morgan fingerprint density at radius 1 is 1.29 bits per heavy atom. The molecule has 0 spiro atoms. The molecule has 0 saturated carbocycles. The number of halogens is 1. The van der Waals surface area contributed by atoms with Crippen LogP contribution in [0.15, 0.2) is 35.5 Å². The lowest BCUT2D eigenvalue weighted by Gasteiger charge is -2.42. The van der Waals surface area contributed by atoms with Gasteiger partial charge in [-0.2, -0.15) is 0 Å². The highest BCUT2D eigenvalue weighted by molar-refractivity contribution is 5.95. The molecule has 3 rings (SSSR count). The number of carbonyl (C=O) groups excluding carboxylic acids is 3. The van der Waals surface area contributed by atoms with Gasteiger partial charge in [-0.3, -0.25) is 9.80 Å². The Morgan fingerprint density at radius 2 is 2.03 bits per heavy atom. The van der Waals surface area contributed by atoms with Gasteiger partial charge >= 0.3 is 18.0 Å². The minimum Gasteiger partial charge on any atom is -0.463 e. The van der Waals surface area contributed by atoms with E-state index in [1.807, 2.05) is 20.8 Å². The van der Waals surface area contributed by atoms with Crippen LogP contribution in [0.25, 0.3) is 0 Å². The lowest BCUT2D eigenvalue weighted by atomic mass is 9.94. The van der Waals surface area contributed by atoms with E-state index in [9.17, 15) is 18.8 Å². The van der Waals surface area contributed by atoms with Crippen LogP contribution in [0, 0.1) is 5.82 Å². The van der Waals surface area contributed by atoms with Gasteiger partial charge in [-0.15, -0.1) is 0 Å². The Kier molecular flexibility index (Phi) is 8.14. The number of benzene rings is 1. The van der Waals surface area contributed by atoms with E-state index in [-0.39, 0.29) is 36.3 Å². The molecule has 0 unspecified atom stereocenters. The van der Waals surface area contributed by atoms with Gasteiger partial charge in [0.2, 0.25) is 0 Å². The SMILES string of the molecule is CCOC(=O)C1=C(CN2CCN(C(=O)NC(C)C)[C@H](C)C2)N(C)C(=O)N[C@H]1c1cccc(F)c1. The fourth-order valence-corrected chi connectivity index (χ4v) is 4.35. The first-order chi connectivity index (χ1) is 16.1. The quantitative estimate of drug-likeness (QED) is 0.617. The lowest BCUT2D eigenvalue weighted by Crippen LogP contribution is -2.58. The van der Waals surface area contributed by atoms with Crippen molar-refractivity contribution in [2.24, 2.45) is 0 Å². The Hall–Kier alpha value is -3.14. The van der Waals surface area contributed by atoms with E-state index in [1.54, 1.807) is 31.0 Å². The second-order valence-corrected chi connectivity index (χ2v) is 8.96. The highest BCUT2D eigenvalue weighted by Gasteiger charge is 2.38. The first-order valence-electron chi connectivity index (χ1n) is 11.6. The Labute approximate surface area is 199 Å². The topological polar surface area (TPSA) is 94.2 Å². The summed E-state index contributed by atoms with van der Waals surface area (Å²) in [5.74, 6) is -1.01. The third kappa shape index (κ3) is 5.67. The summed E-state index contributed by atoms with van der Waals surface area (Å²) >= 11 is 0. The minimum atomic E-state index is -0.830. The van der Waals surface area contributed by atoms with E-state index in [0.717, 1.165) is 0 Å². The van der Waals surface area contributed by atoms with Crippen molar-refractivity contribution in [3.8, 4) is 0 Å². The summed E-state index contributed by atoms with van der Waals surface area (Å²) in [4.78, 5) is 43.6. The van der Waals surface area contributed by atoms with E-state index < -0.39 is 17.8 Å². The maximum absolute atomic E-state index is 14.0. The summed E-state index contributed by atoms with van der Waals surface area (Å²) in [5, 5.41) is 5.72. The summed E-state index contributed by atoms with van der Waals surface area (Å²) in [6.45, 7) is 9.68. The molecule has 2 heterocycles. The number of carbonyl (C=O) groups is 3. The molecule has 2 atom stereocenters. The van der Waals surface area contributed by atoms with Crippen molar-refractivity contribution in [2.45, 2.75) is 45.8 Å². The van der Waals surface area contributed by atoms with Gasteiger partial charge in [0, 0.05) is 51.0 Å². The number of amides is 4. The smallest absolute Gasteiger partial charge is 0.338 e. The molecule has 4 amide bonds. The molecule has 10 heteroatoms. The number of ether oxygens (including phenoxy) is 1. The van der Waals surface area contributed by atoms with Crippen LogP contribution in [0.2, 0.25) is 0 Å². The summed E-state index contributed by atoms with van der Waals surface area (Å²) < 4.78 is 19.3. The van der Waals surface area contributed by atoms with E-state index >= 15 is 0 Å². The van der Waals surface area contributed by atoms with Crippen LogP contribution in [0.1, 0.15) is 39.3 Å². The van der Waals surface area contributed by atoms with Gasteiger partial charge in [0.25, 0.3) is 0 Å². The molecule has 0 bridgehead atoms. The van der Waals surface area contributed by atoms with Crippen LogP contribution in [-0.2, 0) is 9.53 Å². The van der Waals surface area contributed by atoms with Crippen molar-refractivity contribution >= 4 is 18.0 Å². The largest absolute Gasteiger partial charge is 0.463 e. The maximum Gasteiger partial charge on any atom is 0.338 e. The normalized spacial score (nSPS) is 21.6. The van der Waals surface area contributed by atoms with Gasteiger partial charge in [-0.05, 0) is 45.4 Å². The summed E-state index contributed by atoms with van der Waals surface area (Å²) in [6, 6.07) is 4.50. The Balaban J connectivity index is 1.90. The average molecular weight is 476 g/mol. The predicted molar refractivity (Wildman–Crippen MR) is 125 cm³/mol. The number of nitrogens with zero attached hydrogens (tertiary/aromatic N) is 3. The van der Waals surface area contributed by atoms with Crippen molar-refractivity contribution in [2.75, 3.05) is 39.8 Å². The fourth-order valence-electron chi connectivity index (χ4n) is 4.35. The zero-order valence-electron chi connectivity index (χ0n) is 20.4. The van der Waals surface area contributed by atoms with Gasteiger partial charge in [-0.1, -0.05) is 12.1 Å². The van der Waals surface area contributed by atoms with Crippen molar-refractivity contribution in [3.05, 3.63) is 46.9 Å². The summed E-state index contributed by atoms with van der Waals surface area (Å²) in [7, 11) is 1.60. The molecule has 0 radical (unpaired) electrons. The second-order valence-electron chi connectivity index (χ2n) is 8.96. The van der Waals surface area contributed by atoms with Crippen LogP contribution < -0.4 is 10.6 Å². The van der Waals surface area contributed by atoms with Crippen LogP contribution in [-0.4, -0.2) is 84.6 Å². The van der Waals surface area contributed by atoms with Gasteiger partial charge in [0.05, 0.1) is 18.2 Å². The number of likely N-dealkylation sites (N-methyl/N-ethyl adjacent to an activating group) is 1. The standard InChI is InChI=1S/C24H34FN5O4/c1-6-34-22(31)20-19(14-29-10-11-30(16(4)13-29)24(33)26-15(2)3)28(5)23(32)27-21(20)17-8-7-9-18(25)12-17/h7-9,12,15-16,21H,6,10-11,13-14H2,1-5H3,(H,26,33)(H,27,32)/t16-,21+/m1/s1. The van der Waals surface area contributed by atoms with Crippen molar-refractivity contribution < 1.29 is 23.5 Å². The Bertz CT molecular complexity index is 966. The highest BCUT2D eigenvalue weighted by atomic mass is 19.1. The van der Waals surface area contributed by atoms with Gasteiger partial charge in [0.1, 0.15) is 5.82 Å². The number of esters is 1. The predicted octanol–water partition coefficient (Wildman–Crippen LogP) is 2.46. The van der Waals surface area contributed by atoms with Crippen LogP contribution >= 0.6 is 0 Å². The number of rotatable bonds is 6. The Morgan fingerprint density at radius 3 is 2.65 bits per heavy atom. The van der Waals surface area contributed by atoms with E-state index in [2.05, 4.69) is 15.5 Å². The van der Waals surface area contributed by atoms with Crippen LogP contribution in [0.3, 0.4) is 0 Å². The molecule has 1 saturated heterocycles. The van der Waals surface area contributed by atoms with Gasteiger partial charge in [-0.25, -0.2) is 18.8 Å². The number of piperazine rings is 1. The molecule has 0 aromatic heterocycles. The average Bonchev–Trinajstić information content (AvgIpc) is 2.76. The zero-order valence-corrected chi connectivity index (χ0v) is 20.4. The number of hydrogen-bond donors (Lipinski definition) is 2. The van der Waals surface area contributed by atoms with Crippen molar-refractivity contribution in [1.29, 1.82) is 0 Å². The molecular formula is C24H34FN5O4. The summed E-state index contributed by atoms with van der Waals surface area (Å²) in [6.07, 6.45) is 0. The summed E-state index contributed by atoms with van der Waals surface area (Å²) in [5.41, 5.74) is 1.25. The molecule has 0 aliphatic carbocycles. The first-order valence-corrected chi connectivity index (χ1v) is 11.6. The first kappa shape index (κ1) is 25.5. The molecule has 2 aliphatic heterocycles. The van der Waals surface area contributed by atoms with Gasteiger partial charge < -0.3 is 20.3 Å². The van der Waals surface area contributed by atoms with Crippen LogP contribution in [0.5, 0.6) is 0 Å². The molecule has 1 fully saturated rings. The van der Waals surface area contributed by atoms with E-state index in [1.165, 1.54) is 17.0 Å². The minimum absolute atomic E-state index is 0.0455. The van der Waals surface area contributed by atoms with E-state index in [4.69, 9.17) is 4.74 Å². The molecule has 34 heavy (non-hydrogen) atoms. The zero-order chi connectivity index (χ0) is 25.0. The molecule has 1 aromatic carbocycles. The fraction of sp³-hybridized carbons (Fsp3) is 0.542. The molecule has 1 aromatic rings.